The van der Waals surface area contributed by atoms with E-state index in [1.54, 1.807) is 0 Å². The van der Waals surface area contributed by atoms with E-state index in [4.69, 9.17) is 4.74 Å². The maximum atomic E-state index is 6.29. The third-order valence-corrected chi connectivity index (χ3v) is 4.66. The number of nitrogens with one attached hydrogen (secondary N) is 1. The van der Waals surface area contributed by atoms with E-state index in [0.29, 0.717) is 12.1 Å². The van der Waals surface area contributed by atoms with Gasteiger partial charge < -0.3 is 10.1 Å². The van der Waals surface area contributed by atoms with Gasteiger partial charge in [0.2, 0.25) is 0 Å². The number of hydrogen-bond donors (Lipinski definition) is 1. The summed E-state index contributed by atoms with van der Waals surface area (Å²) in [6.45, 7) is 14.2. The van der Waals surface area contributed by atoms with Crippen LogP contribution in [0.25, 0.3) is 0 Å². The van der Waals surface area contributed by atoms with Crippen LogP contribution in [-0.2, 0) is 0 Å². The molecule has 0 spiro atoms. The Morgan fingerprint density at radius 1 is 1.26 bits per heavy atom. The first-order valence-corrected chi connectivity index (χ1v) is 7.34. The van der Waals surface area contributed by atoms with Gasteiger partial charge in [-0.3, -0.25) is 0 Å². The third kappa shape index (κ3) is 2.64. The van der Waals surface area contributed by atoms with Gasteiger partial charge in [-0.25, -0.2) is 0 Å². The summed E-state index contributed by atoms with van der Waals surface area (Å²) in [4.78, 5) is 0. The maximum absolute atomic E-state index is 6.29. The summed E-state index contributed by atoms with van der Waals surface area (Å²) in [6.07, 6.45) is 1.42. The van der Waals surface area contributed by atoms with Gasteiger partial charge in [0.05, 0.1) is 0 Å². The molecule has 0 bridgehead atoms. The number of ether oxygens (including phenoxy) is 1. The predicted molar refractivity (Wildman–Crippen MR) is 80.9 cm³/mol. The Labute approximate surface area is 117 Å². The highest BCUT2D eigenvalue weighted by Crippen LogP contribution is 2.43. The molecule has 0 radical (unpaired) electrons. The fourth-order valence-corrected chi connectivity index (χ4v) is 2.95. The second kappa shape index (κ2) is 5.16. The van der Waals surface area contributed by atoms with Gasteiger partial charge in [0.15, 0.2) is 0 Å². The first-order valence-electron chi connectivity index (χ1n) is 7.34. The molecule has 2 unspecified atom stereocenters. The molecule has 0 heterocycles. The molecule has 2 heteroatoms. The zero-order valence-corrected chi connectivity index (χ0v) is 13.1. The predicted octanol–water partition coefficient (Wildman–Crippen LogP) is 3.77. The second-order valence-corrected chi connectivity index (χ2v) is 6.48. The van der Waals surface area contributed by atoms with E-state index in [1.807, 2.05) is 0 Å². The summed E-state index contributed by atoms with van der Waals surface area (Å²) in [6, 6.07) is 4.96. The average Bonchev–Trinajstić information content (AvgIpc) is 2.33. The van der Waals surface area contributed by atoms with Crippen LogP contribution >= 0.6 is 0 Å². The quantitative estimate of drug-likeness (QED) is 0.891. The Hall–Kier alpha value is -1.02. The molecule has 1 aromatic rings. The number of aryl methyl sites for hydroxylation is 2. The Balaban J connectivity index is 2.12. The van der Waals surface area contributed by atoms with Crippen molar-refractivity contribution in [1.29, 1.82) is 0 Å². The molecule has 19 heavy (non-hydrogen) atoms. The number of rotatable bonds is 4. The minimum Gasteiger partial charge on any atom is -0.489 e. The lowest BCUT2D eigenvalue weighted by molar-refractivity contribution is -0.0545. The lowest BCUT2D eigenvalue weighted by Crippen LogP contribution is -2.62. The van der Waals surface area contributed by atoms with Gasteiger partial charge in [-0.15, -0.1) is 0 Å². The van der Waals surface area contributed by atoms with Crippen molar-refractivity contribution in [3.05, 3.63) is 28.8 Å². The van der Waals surface area contributed by atoms with Crippen LogP contribution in [0.3, 0.4) is 0 Å². The average molecular weight is 261 g/mol. The van der Waals surface area contributed by atoms with E-state index in [9.17, 15) is 0 Å². The van der Waals surface area contributed by atoms with Gasteiger partial charge >= 0.3 is 0 Å². The third-order valence-electron chi connectivity index (χ3n) is 4.66. The summed E-state index contributed by atoms with van der Waals surface area (Å²) >= 11 is 0. The van der Waals surface area contributed by atoms with Crippen LogP contribution in [0.5, 0.6) is 5.75 Å². The van der Waals surface area contributed by atoms with Crippen molar-refractivity contribution in [3.8, 4) is 5.75 Å². The molecule has 0 amide bonds. The molecular formula is C17H27NO. The van der Waals surface area contributed by atoms with Gasteiger partial charge in [0.25, 0.3) is 0 Å². The van der Waals surface area contributed by atoms with Gasteiger partial charge in [-0.05, 0) is 50.1 Å². The van der Waals surface area contributed by atoms with Gasteiger partial charge in [0.1, 0.15) is 11.9 Å². The van der Waals surface area contributed by atoms with E-state index in [1.165, 1.54) is 16.7 Å². The van der Waals surface area contributed by atoms with E-state index in [2.05, 4.69) is 59.0 Å². The van der Waals surface area contributed by atoms with Gasteiger partial charge in [-0.1, -0.05) is 26.8 Å². The maximum Gasteiger partial charge on any atom is 0.123 e. The lowest BCUT2D eigenvalue weighted by atomic mass is 9.64. The van der Waals surface area contributed by atoms with Crippen molar-refractivity contribution in [2.75, 3.05) is 6.54 Å². The molecule has 0 saturated heterocycles. The first kappa shape index (κ1) is 14.4. The summed E-state index contributed by atoms with van der Waals surface area (Å²) in [7, 11) is 0. The molecule has 2 nitrogen and oxygen atoms in total. The SMILES string of the molecule is CCNC1CC(Oc2cc(C)cc(C)c2C)C1(C)C. The molecule has 1 saturated carbocycles. The van der Waals surface area contributed by atoms with E-state index >= 15 is 0 Å². The highest BCUT2D eigenvalue weighted by molar-refractivity contribution is 5.42. The Bertz CT molecular complexity index is 465. The van der Waals surface area contributed by atoms with Gasteiger partial charge in [-0.2, -0.15) is 0 Å². The van der Waals surface area contributed by atoms with Crippen molar-refractivity contribution in [2.45, 2.75) is 60.1 Å². The number of benzene rings is 1. The van der Waals surface area contributed by atoms with Crippen LogP contribution in [0, 0.1) is 26.2 Å². The van der Waals surface area contributed by atoms with Crippen LogP contribution < -0.4 is 10.1 Å². The Kier molecular flexibility index (Phi) is 3.91. The molecule has 1 N–H and O–H groups in total. The highest BCUT2D eigenvalue weighted by atomic mass is 16.5. The Morgan fingerprint density at radius 2 is 1.95 bits per heavy atom. The van der Waals surface area contributed by atoms with Crippen LogP contribution in [-0.4, -0.2) is 18.7 Å². The summed E-state index contributed by atoms with van der Waals surface area (Å²) in [5, 5.41) is 3.55. The number of hydrogen-bond acceptors (Lipinski definition) is 2. The summed E-state index contributed by atoms with van der Waals surface area (Å²) in [5.41, 5.74) is 4.07. The second-order valence-electron chi connectivity index (χ2n) is 6.48. The van der Waals surface area contributed by atoms with Crippen LogP contribution in [0.2, 0.25) is 0 Å². The monoisotopic (exact) mass is 261 g/mol. The molecule has 1 aliphatic carbocycles. The van der Waals surface area contributed by atoms with E-state index < -0.39 is 0 Å². The fraction of sp³-hybridized carbons (Fsp3) is 0.647. The molecule has 0 aliphatic heterocycles. The summed E-state index contributed by atoms with van der Waals surface area (Å²) in [5.74, 6) is 1.06. The van der Waals surface area contributed by atoms with E-state index in [-0.39, 0.29) is 5.41 Å². The summed E-state index contributed by atoms with van der Waals surface area (Å²) < 4.78 is 6.29. The first-order chi connectivity index (χ1) is 8.86. The molecule has 106 valence electrons. The molecular weight excluding hydrogens is 234 g/mol. The van der Waals surface area contributed by atoms with Crippen LogP contribution in [0.4, 0.5) is 0 Å². The smallest absolute Gasteiger partial charge is 0.123 e. The van der Waals surface area contributed by atoms with Gasteiger partial charge in [0, 0.05) is 17.9 Å². The van der Waals surface area contributed by atoms with Crippen molar-refractivity contribution in [1.82, 2.24) is 5.32 Å². The fourth-order valence-electron chi connectivity index (χ4n) is 2.95. The molecule has 0 aromatic heterocycles. The van der Waals surface area contributed by atoms with E-state index in [0.717, 1.165) is 18.7 Å². The highest BCUT2D eigenvalue weighted by Gasteiger charge is 2.49. The van der Waals surface area contributed by atoms with Crippen molar-refractivity contribution in [2.24, 2.45) is 5.41 Å². The molecule has 2 atom stereocenters. The van der Waals surface area contributed by atoms with Crippen molar-refractivity contribution in [3.63, 3.8) is 0 Å². The van der Waals surface area contributed by atoms with Crippen LogP contribution in [0.1, 0.15) is 43.9 Å². The largest absolute Gasteiger partial charge is 0.489 e. The topological polar surface area (TPSA) is 21.3 Å². The minimum atomic E-state index is 0.208. The Morgan fingerprint density at radius 3 is 2.53 bits per heavy atom. The van der Waals surface area contributed by atoms with Crippen molar-refractivity contribution < 1.29 is 4.74 Å². The normalized spacial score (nSPS) is 24.9. The van der Waals surface area contributed by atoms with Crippen LogP contribution in [0.15, 0.2) is 12.1 Å². The standard InChI is InChI=1S/C17H27NO/c1-7-18-15-10-16(17(15,5)6)19-14-9-11(2)8-12(3)13(14)4/h8-9,15-16,18H,7,10H2,1-6H3. The van der Waals surface area contributed by atoms with Crippen molar-refractivity contribution >= 4 is 0 Å². The molecule has 1 aliphatic rings. The molecule has 1 fully saturated rings. The molecule has 1 aromatic carbocycles. The zero-order chi connectivity index (χ0) is 14.2. The zero-order valence-electron chi connectivity index (χ0n) is 13.1. The molecule has 2 rings (SSSR count). The lowest BCUT2D eigenvalue weighted by Gasteiger charge is -2.51. The minimum absolute atomic E-state index is 0.208.